The first kappa shape index (κ1) is 16.0. The van der Waals surface area contributed by atoms with Crippen LogP contribution >= 0.6 is 11.8 Å². The second-order valence-corrected chi connectivity index (χ2v) is 5.96. The molecule has 7 heteroatoms. The molecule has 0 saturated heterocycles. The number of nitrogens with one attached hydrogen (secondary N) is 2. The molecule has 1 aliphatic rings. The maximum atomic E-state index is 12.5. The van der Waals surface area contributed by atoms with Gasteiger partial charge >= 0.3 is 6.03 Å². The molecule has 0 spiro atoms. The number of hydrogen-bond acceptors (Lipinski definition) is 3. The maximum absolute atomic E-state index is 12.5. The molecule has 116 valence electrons. The SMILES string of the molecule is O=C(Nc1ccccc1SC(F)F)NC1CCCCC1O. The molecular weight excluding hydrogens is 298 g/mol. The van der Waals surface area contributed by atoms with Crippen LogP contribution in [0.2, 0.25) is 0 Å². The van der Waals surface area contributed by atoms with Crippen molar-refractivity contribution in [3.05, 3.63) is 24.3 Å². The van der Waals surface area contributed by atoms with E-state index in [2.05, 4.69) is 10.6 Å². The fourth-order valence-electron chi connectivity index (χ4n) is 2.38. The van der Waals surface area contributed by atoms with E-state index in [4.69, 9.17) is 0 Å². The van der Waals surface area contributed by atoms with Crippen molar-refractivity contribution >= 4 is 23.5 Å². The number of carbonyl (C=O) groups excluding carboxylic acids is 1. The predicted molar refractivity (Wildman–Crippen MR) is 78.7 cm³/mol. The van der Waals surface area contributed by atoms with E-state index in [1.807, 2.05) is 0 Å². The summed E-state index contributed by atoms with van der Waals surface area (Å²) >= 11 is 0.388. The second kappa shape index (κ2) is 7.61. The zero-order chi connectivity index (χ0) is 15.2. The number of urea groups is 1. The lowest BCUT2D eigenvalue weighted by Crippen LogP contribution is -2.46. The number of thioether (sulfide) groups is 1. The van der Waals surface area contributed by atoms with Gasteiger partial charge in [-0.2, -0.15) is 8.78 Å². The lowest BCUT2D eigenvalue weighted by Gasteiger charge is -2.28. The number of benzene rings is 1. The van der Waals surface area contributed by atoms with Gasteiger partial charge in [0.2, 0.25) is 0 Å². The van der Waals surface area contributed by atoms with Crippen molar-refractivity contribution in [2.24, 2.45) is 0 Å². The highest BCUT2D eigenvalue weighted by Crippen LogP contribution is 2.31. The van der Waals surface area contributed by atoms with Crippen LogP contribution in [-0.2, 0) is 0 Å². The van der Waals surface area contributed by atoms with Crippen LogP contribution in [0, 0.1) is 0 Å². The van der Waals surface area contributed by atoms with Gasteiger partial charge in [0.1, 0.15) is 0 Å². The summed E-state index contributed by atoms with van der Waals surface area (Å²) in [5.74, 6) is -2.55. The van der Waals surface area contributed by atoms with E-state index in [0.29, 0.717) is 28.8 Å². The van der Waals surface area contributed by atoms with Gasteiger partial charge in [-0.3, -0.25) is 0 Å². The Morgan fingerprint density at radius 3 is 2.71 bits per heavy atom. The molecule has 2 rings (SSSR count). The first-order chi connectivity index (χ1) is 10.1. The molecular formula is C14H18F2N2O2S. The number of halogens is 2. The molecule has 1 fully saturated rings. The minimum absolute atomic E-state index is 0.284. The zero-order valence-electron chi connectivity index (χ0n) is 11.4. The molecule has 3 N–H and O–H groups in total. The molecule has 1 aromatic rings. The van der Waals surface area contributed by atoms with Gasteiger partial charge in [-0.1, -0.05) is 36.7 Å². The van der Waals surface area contributed by atoms with Crippen molar-refractivity contribution in [2.75, 3.05) is 5.32 Å². The highest BCUT2D eigenvalue weighted by Gasteiger charge is 2.24. The van der Waals surface area contributed by atoms with E-state index in [1.54, 1.807) is 18.2 Å². The van der Waals surface area contributed by atoms with Crippen LogP contribution in [0.5, 0.6) is 0 Å². The van der Waals surface area contributed by atoms with E-state index in [9.17, 15) is 18.7 Å². The minimum Gasteiger partial charge on any atom is -0.391 e. The normalized spacial score (nSPS) is 22.1. The number of anilines is 1. The van der Waals surface area contributed by atoms with Gasteiger partial charge in [0, 0.05) is 4.90 Å². The molecule has 1 saturated carbocycles. The third-order valence-electron chi connectivity index (χ3n) is 3.40. The predicted octanol–water partition coefficient (Wildman–Crippen LogP) is 3.43. The minimum atomic E-state index is -2.55. The molecule has 2 amide bonds. The standard InChI is InChI=1S/C14H18F2N2O2S/c15-13(16)21-12-8-4-2-6-10(12)18-14(20)17-9-5-1-3-7-11(9)19/h2,4,6,8-9,11,13,19H,1,3,5,7H2,(H2,17,18,20). The van der Waals surface area contributed by atoms with E-state index in [0.717, 1.165) is 19.3 Å². The summed E-state index contributed by atoms with van der Waals surface area (Å²) in [5.41, 5.74) is 0.339. The molecule has 0 aromatic heterocycles. The molecule has 0 radical (unpaired) electrons. The van der Waals surface area contributed by atoms with Crippen molar-refractivity contribution in [3.63, 3.8) is 0 Å². The monoisotopic (exact) mass is 316 g/mol. The molecule has 0 heterocycles. The Morgan fingerprint density at radius 1 is 1.29 bits per heavy atom. The topological polar surface area (TPSA) is 61.4 Å². The molecule has 1 aromatic carbocycles. The maximum Gasteiger partial charge on any atom is 0.319 e. The summed E-state index contributed by atoms with van der Waals surface area (Å²) in [5, 5.41) is 15.1. The van der Waals surface area contributed by atoms with Gasteiger partial charge in [0.15, 0.2) is 0 Å². The van der Waals surface area contributed by atoms with Gasteiger partial charge in [0.05, 0.1) is 17.8 Å². The average molecular weight is 316 g/mol. The number of rotatable bonds is 4. The fraction of sp³-hybridized carbons (Fsp3) is 0.500. The van der Waals surface area contributed by atoms with Crippen molar-refractivity contribution in [2.45, 2.75) is 48.5 Å². The molecule has 21 heavy (non-hydrogen) atoms. The van der Waals surface area contributed by atoms with Gasteiger partial charge in [-0.15, -0.1) is 0 Å². The first-order valence-electron chi connectivity index (χ1n) is 6.85. The highest BCUT2D eigenvalue weighted by molar-refractivity contribution is 7.99. The lowest BCUT2D eigenvalue weighted by molar-refractivity contribution is 0.0955. The largest absolute Gasteiger partial charge is 0.391 e. The number of aliphatic hydroxyl groups excluding tert-OH is 1. The quantitative estimate of drug-likeness (QED) is 0.746. The third kappa shape index (κ3) is 4.86. The Kier molecular flexibility index (Phi) is 5.81. The number of para-hydroxylation sites is 1. The van der Waals surface area contributed by atoms with Gasteiger partial charge in [0.25, 0.3) is 5.76 Å². The van der Waals surface area contributed by atoms with Gasteiger partial charge < -0.3 is 15.7 Å². The van der Waals surface area contributed by atoms with Crippen LogP contribution < -0.4 is 10.6 Å². The third-order valence-corrected chi connectivity index (χ3v) is 4.19. The van der Waals surface area contributed by atoms with Crippen LogP contribution in [0.25, 0.3) is 0 Å². The molecule has 2 atom stereocenters. The number of amides is 2. The summed E-state index contributed by atoms with van der Waals surface area (Å²) in [6.45, 7) is 0. The number of carbonyl (C=O) groups is 1. The van der Waals surface area contributed by atoms with Gasteiger partial charge in [-0.25, -0.2) is 4.79 Å². The first-order valence-corrected chi connectivity index (χ1v) is 7.73. The van der Waals surface area contributed by atoms with Crippen LogP contribution in [-0.4, -0.2) is 29.0 Å². The van der Waals surface area contributed by atoms with Crippen molar-refractivity contribution in [1.29, 1.82) is 0 Å². The van der Waals surface area contributed by atoms with Crippen LogP contribution in [0.1, 0.15) is 25.7 Å². The molecule has 4 nitrogen and oxygen atoms in total. The second-order valence-electron chi connectivity index (χ2n) is 4.93. The van der Waals surface area contributed by atoms with E-state index in [-0.39, 0.29) is 6.04 Å². The van der Waals surface area contributed by atoms with Crippen LogP contribution in [0.15, 0.2) is 29.2 Å². The molecule has 0 aliphatic heterocycles. The van der Waals surface area contributed by atoms with Crippen molar-refractivity contribution in [3.8, 4) is 0 Å². The van der Waals surface area contributed by atoms with Gasteiger partial charge in [-0.05, 0) is 25.0 Å². The van der Waals surface area contributed by atoms with Crippen molar-refractivity contribution < 1.29 is 18.7 Å². The average Bonchev–Trinajstić information content (AvgIpc) is 2.43. The highest BCUT2D eigenvalue weighted by atomic mass is 32.2. The summed E-state index contributed by atoms with van der Waals surface area (Å²) < 4.78 is 24.9. The summed E-state index contributed by atoms with van der Waals surface area (Å²) in [6, 6.07) is 5.64. The number of hydrogen-bond donors (Lipinski definition) is 3. The Labute approximate surface area is 126 Å². The summed E-state index contributed by atoms with van der Waals surface area (Å²) in [7, 11) is 0. The Hall–Kier alpha value is -1.34. The summed E-state index contributed by atoms with van der Waals surface area (Å²) in [6.07, 6.45) is 2.76. The lowest BCUT2D eigenvalue weighted by atomic mass is 9.93. The Balaban J connectivity index is 1.96. The Bertz CT molecular complexity index is 488. The van der Waals surface area contributed by atoms with E-state index < -0.39 is 17.9 Å². The Morgan fingerprint density at radius 2 is 2.00 bits per heavy atom. The summed E-state index contributed by atoms with van der Waals surface area (Å²) in [4.78, 5) is 12.2. The number of alkyl halides is 2. The van der Waals surface area contributed by atoms with Crippen LogP contribution in [0.4, 0.5) is 19.3 Å². The number of aliphatic hydroxyl groups is 1. The molecule has 0 bridgehead atoms. The zero-order valence-corrected chi connectivity index (χ0v) is 12.2. The fourth-order valence-corrected chi connectivity index (χ4v) is 2.97. The van der Waals surface area contributed by atoms with Crippen LogP contribution in [0.3, 0.4) is 0 Å². The smallest absolute Gasteiger partial charge is 0.319 e. The molecule has 1 aliphatic carbocycles. The molecule has 2 unspecified atom stereocenters. The van der Waals surface area contributed by atoms with Crippen molar-refractivity contribution in [1.82, 2.24) is 5.32 Å². The van der Waals surface area contributed by atoms with E-state index in [1.165, 1.54) is 6.07 Å². The van der Waals surface area contributed by atoms with E-state index >= 15 is 0 Å².